The van der Waals surface area contributed by atoms with Crippen LogP contribution in [0.15, 0.2) is 29.3 Å². The topological polar surface area (TPSA) is 79.8 Å². The van der Waals surface area contributed by atoms with Crippen LogP contribution < -0.4 is 15.4 Å². The second kappa shape index (κ2) is 7.47. The number of hydrogen-bond acceptors (Lipinski definition) is 4. The first-order chi connectivity index (χ1) is 12.0. The molecule has 1 aromatic carbocycles. The van der Waals surface area contributed by atoms with Crippen LogP contribution in [0.3, 0.4) is 0 Å². The highest BCUT2D eigenvalue weighted by Gasteiger charge is 2.34. The molecule has 6 nitrogen and oxygen atoms in total. The van der Waals surface area contributed by atoms with Gasteiger partial charge in [0.2, 0.25) is 0 Å². The fourth-order valence-corrected chi connectivity index (χ4v) is 3.88. The number of sulfone groups is 1. The first-order valence-corrected chi connectivity index (χ1v) is 10.6. The molecule has 7 heteroatoms. The number of para-hydroxylation sites is 1. The third-order valence-corrected chi connectivity index (χ3v) is 7.11. The second-order valence-corrected chi connectivity index (χ2v) is 11.1. The Balaban J connectivity index is 2.05. The molecule has 2 rings (SSSR count). The average molecular weight is 382 g/mol. The summed E-state index contributed by atoms with van der Waals surface area (Å²) in [5, 5.41) is 6.53. The van der Waals surface area contributed by atoms with Gasteiger partial charge in [0.25, 0.3) is 0 Å². The number of nitrogens with one attached hydrogen (secondary N) is 2. The summed E-state index contributed by atoms with van der Waals surface area (Å²) in [4.78, 5) is 4.24. The predicted molar refractivity (Wildman–Crippen MR) is 107 cm³/mol. The molecule has 0 aromatic heterocycles. The lowest BCUT2D eigenvalue weighted by Crippen LogP contribution is -2.46. The molecule has 0 radical (unpaired) electrons. The third-order valence-electron chi connectivity index (χ3n) is 4.51. The summed E-state index contributed by atoms with van der Waals surface area (Å²) in [6.45, 7) is 9.59. The first kappa shape index (κ1) is 20.6. The quantitative estimate of drug-likeness (QED) is 0.619. The molecule has 1 aliphatic rings. The molecule has 0 amide bonds. The largest absolute Gasteiger partial charge is 0.487 e. The number of nitrogens with zero attached hydrogens (tertiary/aromatic N) is 1. The fourth-order valence-electron chi connectivity index (χ4n) is 2.90. The van der Waals surface area contributed by atoms with Crippen molar-refractivity contribution in [1.82, 2.24) is 10.6 Å². The van der Waals surface area contributed by atoms with Gasteiger partial charge < -0.3 is 15.4 Å². The van der Waals surface area contributed by atoms with E-state index in [2.05, 4.69) is 29.5 Å². The lowest BCUT2D eigenvalue weighted by Gasteiger charge is -2.38. The van der Waals surface area contributed by atoms with Gasteiger partial charge in [-0.2, -0.15) is 0 Å². The number of hydrogen-bond donors (Lipinski definition) is 2. The second-order valence-electron chi connectivity index (χ2n) is 8.23. The standard InChI is InChI=1S/C19H31N3O3S/c1-18(2,3)26(23,24)12-11-21-17(20-6)22-15-13-19(4,5)25-16-10-8-7-9-14(15)16/h7-10,15H,11-13H2,1-6H3,(H2,20,21,22). The van der Waals surface area contributed by atoms with E-state index in [0.717, 1.165) is 17.7 Å². The molecule has 0 aliphatic carbocycles. The van der Waals surface area contributed by atoms with Crippen molar-refractivity contribution in [3.05, 3.63) is 29.8 Å². The molecule has 1 unspecified atom stereocenters. The van der Waals surface area contributed by atoms with Crippen molar-refractivity contribution in [3.8, 4) is 5.75 Å². The van der Waals surface area contributed by atoms with Gasteiger partial charge in [-0.15, -0.1) is 0 Å². The molecule has 0 saturated heterocycles. The van der Waals surface area contributed by atoms with Crippen molar-refractivity contribution in [2.75, 3.05) is 19.3 Å². The van der Waals surface area contributed by atoms with Crippen molar-refractivity contribution < 1.29 is 13.2 Å². The van der Waals surface area contributed by atoms with Crippen LogP contribution in [0, 0.1) is 0 Å². The Labute approximate surface area is 157 Å². The Morgan fingerprint density at radius 1 is 1.31 bits per heavy atom. The summed E-state index contributed by atoms with van der Waals surface area (Å²) >= 11 is 0. The van der Waals surface area contributed by atoms with Crippen LogP contribution >= 0.6 is 0 Å². The van der Waals surface area contributed by atoms with Crippen LogP contribution in [0.5, 0.6) is 5.75 Å². The molecule has 0 bridgehead atoms. The van der Waals surface area contributed by atoms with Gasteiger partial charge in [0.1, 0.15) is 11.4 Å². The van der Waals surface area contributed by atoms with Gasteiger partial charge in [0.05, 0.1) is 16.5 Å². The molecule has 146 valence electrons. The summed E-state index contributed by atoms with van der Waals surface area (Å²) in [5.41, 5.74) is 0.789. The van der Waals surface area contributed by atoms with Gasteiger partial charge in [-0.25, -0.2) is 8.42 Å². The number of fused-ring (bicyclic) bond motifs is 1. The number of aliphatic imine (C=N–C) groups is 1. The highest BCUT2D eigenvalue weighted by atomic mass is 32.2. The lowest BCUT2D eigenvalue weighted by atomic mass is 9.90. The molecule has 0 fully saturated rings. The van der Waals surface area contributed by atoms with Crippen LogP contribution in [0.4, 0.5) is 0 Å². The predicted octanol–water partition coefficient (Wildman–Crippen LogP) is 2.67. The smallest absolute Gasteiger partial charge is 0.191 e. The third kappa shape index (κ3) is 4.90. The van der Waals surface area contributed by atoms with E-state index >= 15 is 0 Å². The lowest BCUT2D eigenvalue weighted by molar-refractivity contribution is 0.0694. The highest BCUT2D eigenvalue weighted by Crippen LogP contribution is 2.39. The number of rotatable bonds is 4. The minimum Gasteiger partial charge on any atom is -0.487 e. The van der Waals surface area contributed by atoms with Gasteiger partial charge in [-0.05, 0) is 40.7 Å². The van der Waals surface area contributed by atoms with E-state index in [9.17, 15) is 8.42 Å². The normalized spacial score (nSPS) is 20.1. The molecular weight excluding hydrogens is 350 g/mol. The zero-order chi connectivity index (χ0) is 19.6. The zero-order valence-electron chi connectivity index (χ0n) is 16.6. The number of guanidine groups is 1. The van der Waals surface area contributed by atoms with Crippen LogP contribution in [0.1, 0.15) is 52.6 Å². The number of ether oxygens (including phenoxy) is 1. The van der Waals surface area contributed by atoms with Gasteiger partial charge >= 0.3 is 0 Å². The first-order valence-electron chi connectivity index (χ1n) is 8.93. The maximum absolute atomic E-state index is 12.2. The van der Waals surface area contributed by atoms with Crippen molar-refractivity contribution in [2.45, 2.75) is 57.4 Å². The Morgan fingerprint density at radius 3 is 2.58 bits per heavy atom. The molecule has 1 aromatic rings. The molecule has 2 N–H and O–H groups in total. The Bertz CT molecular complexity index is 764. The maximum atomic E-state index is 12.2. The molecule has 0 saturated carbocycles. The van der Waals surface area contributed by atoms with Gasteiger partial charge in [0.15, 0.2) is 15.8 Å². The minimum absolute atomic E-state index is 0.0420. The maximum Gasteiger partial charge on any atom is 0.191 e. The van der Waals surface area contributed by atoms with Crippen molar-refractivity contribution in [2.24, 2.45) is 4.99 Å². The summed E-state index contributed by atoms with van der Waals surface area (Å²) < 4.78 is 29.8. The van der Waals surface area contributed by atoms with Crippen LogP contribution in [0.2, 0.25) is 0 Å². The van der Waals surface area contributed by atoms with E-state index in [1.807, 2.05) is 24.3 Å². The highest BCUT2D eigenvalue weighted by molar-refractivity contribution is 7.92. The van der Waals surface area contributed by atoms with Gasteiger partial charge in [0, 0.05) is 25.6 Å². The van der Waals surface area contributed by atoms with E-state index in [0.29, 0.717) is 12.5 Å². The Hall–Kier alpha value is -1.76. The summed E-state index contributed by atoms with van der Waals surface area (Å²) in [7, 11) is -1.48. The van der Waals surface area contributed by atoms with Crippen LogP contribution in [-0.2, 0) is 9.84 Å². The summed E-state index contributed by atoms with van der Waals surface area (Å²) in [6, 6.07) is 8.00. The van der Waals surface area contributed by atoms with Gasteiger partial charge in [-0.1, -0.05) is 18.2 Å². The van der Waals surface area contributed by atoms with Crippen molar-refractivity contribution >= 4 is 15.8 Å². The Morgan fingerprint density at radius 2 is 1.96 bits per heavy atom. The van der Waals surface area contributed by atoms with Crippen molar-refractivity contribution in [1.29, 1.82) is 0 Å². The van der Waals surface area contributed by atoms with E-state index < -0.39 is 14.6 Å². The minimum atomic E-state index is -3.17. The molecule has 1 heterocycles. The monoisotopic (exact) mass is 381 g/mol. The summed E-state index contributed by atoms with van der Waals surface area (Å²) in [6.07, 6.45) is 0.783. The van der Waals surface area contributed by atoms with E-state index in [1.165, 1.54) is 0 Å². The molecule has 26 heavy (non-hydrogen) atoms. The average Bonchev–Trinajstić information content (AvgIpc) is 2.51. The molecule has 1 atom stereocenters. The van der Waals surface area contributed by atoms with E-state index in [1.54, 1.807) is 27.8 Å². The summed E-state index contributed by atoms with van der Waals surface area (Å²) in [5.74, 6) is 1.52. The number of benzene rings is 1. The molecule has 0 spiro atoms. The molecular formula is C19H31N3O3S. The van der Waals surface area contributed by atoms with Crippen LogP contribution in [-0.4, -0.2) is 44.1 Å². The van der Waals surface area contributed by atoms with E-state index in [-0.39, 0.29) is 17.4 Å². The van der Waals surface area contributed by atoms with Crippen LogP contribution in [0.25, 0.3) is 0 Å². The Kier molecular flexibility index (Phi) is 5.90. The molecule has 1 aliphatic heterocycles. The van der Waals surface area contributed by atoms with Gasteiger partial charge in [-0.3, -0.25) is 4.99 Å². The van der Waals surface area contributed by atoms with Crippen molar-refractivity contribution in [3.63, 3.8) is 0 Å². The SMILES string of the molecule is CN=C(NCCS(=O)(=O)C(C)(C)C)NC1CC(C)(C)Oc2ccccc21. The van der Waals surface area contributed by atoms with E-state index in [4.69, 9.17) is 4.74 Å². The fraction of sp³-hybridized carbons (Fsp3) is 0.632. The zero-order valence-corrected chi connectivity index (χ0v) is 17.4.